The average Bonchev–Trinajstić information content (AvgIpc) is 3.40. The maximum atomic E-state index is 11.7. The number of nitrogens with zero attached hydrogens (tertiary/aromatic N) is 5. The second kappa shape index (κ2) is 9.08. The lowest BCUT2D eigenvalue weighted by Crippen LogP contribution is -2.28. The molecule has 1 aliphatic rings. The van der Waals surface area contributed by atoms with E-state index >= 15 is 0 Å². The molecule has 0 saturated carbocycles. The molecule has 8 nitrogen and oxygen atoms in total. The minimum absolute atomic E-state index is 0.0686. The molecule has 0 fully saturated rings. The number of aliphatic hydroxyl groups excluding tert-OH is 1. The average molecular weight is 417 g/mol. The molecule has 0 radical (unpaired) electrons. The summed E-state index contributed by atoms with van der Waals surface area (Å²) in [4.78, 5) is 18.0. The van der Waals surface area contributed by atoms with Crippen molar-refractivity contribution in [2.24, 2.45) is 0 Å². The quantitative estimate of drug-likeness (QED) is 0.560. The number of rotatable bonds is 8. The van der Waals surface area contributed by atoms with Gasteiger partial charge in [0.15, 0.2) is 0 Å². The van der Waals surface area contributed by atoms with Crippen LogP contribution in [0.5, 0.6) is 0 Å². The van der Waals surface area contributed by atoms with E-state index in [0.717, 1.165) is 35.3 Å². The van der Waals surface area contributed by atoms with Gasteiger partial charge in [0.25, 0.3) is 0 Å². The molecule has 4 rings (SSSR count). The van der Waals surface area contributed by atoms with Gasteiger partial charge in [-0.1, -0.05) is 6.07 Å². The number of ether oxygens (including phenoxy) is 1. The van der Waals surface area contributed by atoms with Crippen LogP contribution in [0.3, 0.4) is 0 Å². The Morgan fingerprint density at radius 3 is 2.87 bits per heavy atom. The lowest BCUT2D eigenvalue weighted by molar-refractivity contribution is 0.0535. The molecule has 0 spiro atoms. The van der Waals surface area contributed by atoms with Gasteiger partial charge in [-0.05, 0) is 42.7 Å². The number of cyclic esters (lactones) is 1. The van der Waals surface area contributed by atoms with Crippen LogP contribution in [0.1, 0.15) is 38.3 Å². The number of hydrogen-bond donors (Lipinski definition) is 1. The normalized spacial score (nSPS) is 12.6. The minimum atomic E-state index is -0.249. The van der Waals surface area contributed by atoms with Crippen LogP contribution in [0.15, 0.2) is 42.9 Å². The van der Waals surface area contributed by atoms with E-state index in [1.165, 1.54) is 5.56 Å². The van der Waals surface area contributed by atoms with Gasteiger partial charge in [-0.2, -0.15) is 10.4 Å². The van der Waals surface area contributed by atoms with Crippen LogP contribution in [-0.2, 0) is 24.3 Å². The molecule has 3 heterocycles. The molecule has 0 atom stereocenters. The van der Waals surface area contributed by atoms with Crippen molar-refractivity contribution in [2.75, 3.05) is 19.7 Å². The SMILES string of the molecule is Cc1c(CCN(CCO)Cc2cnn(-c3ccc(C#N)nc3)c2)ccc2c1COC2=O. The van der Waals surface area contributed by atoms with Crippen molar-refractivity contribution < 1.29 is 14.6 Å². The molecule has 0 aliphatic carbocycles. The third-order valence-electron chi connectivity index (χ3n) is 5.56. The van der Waals surface area contributed by atoms with Crippen LogP contribution in [0.25, 0.3) is 5.69 Å². The van der Waals surface area contributed by atoms with E-state index in [1.54, 1.807) is 29.2 Å². The summed E-state index contributed by atoms with van der Waals surface area (Å²) in [6.07, 6.45) is 6.15. The van der Waals surface area contributed by atoms with Crippen molar-refractivity contribution >= 4 is 5.97 Å². The van der Waals surface area contributed by atoms with E-state index in [4.69, 9.17) is 10.00 Å². The van der Waals surface area contributed by atoms with Crippen LogP contribution >= 0.6 is 0 Å². The second-order valence-electron chi connectivity index (χ2n) is 7.51. The van der Waals surface area contributed by atoms with E-state index < -0.39 is 0 Å². The van der Waals surface area contributed by atoms with E-state index in [0.29, 0.717) is 31.0 Å². The van der Waals surface area contributed by atoms with Crippen molar-refractivity contribution in [3.05, 3.63) is 76.4 Å². The highest BCUT2D eigenvalue weighted by atomic mass is 16.5. The zero-order valence-corrected chi connectivity index (χ0v) is 17.3. The van der Waals surface area contributed by atoms with Crippen LogP contribution < -0.4 is 0 Å². The smallest absolute Gasteiger partial charge is 0.338 e. The molecular formula is C23H23N5O3. The zero-order valence-electron chi connectivity index (χ0n) is 17.3. The molecule has 1 aromatic carbocycles. The number of carbonyl (C=O) groups excluding carboxylic acids is 1. The van der Waals surface area contributed by atoms with Crippen LogP contribution in [0.4, 0.5) is 0 Å². The Morgan fingerprint density at radius 1 is 1.26 bits per heavy atom. The van der Waals surface area contributed by atoms with Gasteiger partial charge in [0.2, 0.25) is 0 Å². The number of pyridine rings is 1. The van der Waals surface area contributed by atoms with E-state index in [1.807, 2.05) is 31.3 Å². The molecule has 2 aromatic heterocycles. The van der Waals surface area contributed by atoms with Gasteiger partial charge >= 0.3 is 5.97 Å². The maximum absolute atomic E-state index is 11.7. The number of nitriles is 1. The highest BCUT2D eigenvalue weighted by Gasteiger charge is 2.23. The maximum Gasteiger partial charge on any atom is 0.338 e. The summed E-state index contributed by atoms with van der Waals surface area (Å²) in [6.45, 7) is 4.41. The number of hydrogen-bond acceptors (Lipinski definition) is 7. The predicted molar refractivity (Wildman–Crippen MR) is 112 cm³/mol. The highest BCUT2D eigenvalue weighted by molar-refractivity contribution is 5.93. The molecule has 0 saturated heterocycles. The summed E-state index contributed by atoms with van der Waals surface area (Å²) in [6, 6.07) is 9.31. The molecule has 8 heteroatoms. The largest absolute Gasteiger partial charge is 0.457 e. The van der Waals surface area contributed by atoms with Gasteiger partial charge in [-0.3, -0.25) is 4.90 Å². The van der Waals surface area contributed by atoms with Gasteiger partial charge in [-0.15, -0.1) is 0 Å². The van der Waals surface area contributed by atoms with Gasteiger partial charge in [0, 0.05) is 37.0 Å². The van der Waals surface area contributed by atoms with E-state index in [-0.39, 0.29) is 12.6 Å². The Hall–Kier alpha value is -3.54. The molecule has 158 valence electrons. The summed E-state index contributed by atoms with van der Waals surface area (Å²) in [5.74, 6) is -0.249. The van der Waals surface area contributed by atoms with E-state index in [2.05, 4.69) is 15.0 Å². The van der Waals surface area contributed by atoms with Gasteiger partial charge in [0.05, 0.1) is 30.3 Å². The molecule has 3 aromatic rings. The van der Waals surface area contributed by atoms with Crippen LogP contribution in [-0.4, -0.2) is 50.4 Å². The fraction of sp³-hybridized carbons (Fsp3) is 0.304. The molecule has 0 amide bonds. The van der Waals surface area contributed by atoms with E-state index in [9.17, 15) is 9.90 Å². The molecule has 0 bridgehead atoms. The molecule has 31 heavy (non-hydrogen) atoms. The summed E-state index contributed by atoms with van der Waals surface area (Å²) in [7, 11) is 0. The van der Waals surface area contributed by atoms with Crippen LogP contribution in [0, 0.1) is 18.3 Å². The number of aromatic nitrogens is 3. The number of benzene rings is 1. The van der Waals surface area contributed by atoms with Crippen molar-refractivity contribution in [1.82, 2.24) is 19.7 Å². The molecular weight excluding hydrogens is 394 g/mol. The third-order valence-corrected chi connectivity index (χ3v) is 5.56. The minimum Gasteiger partial charge on any atom is -0.457 e. The number of fused-ring (bicyclic) bond motifs is 1. The predicted octanol–water partition coefficient (Wildman–Crippen LogP) is 2.15. The Bertz CT molecular complexity index is 1130. The topological polar surface area (TPSA) is 104 Å². The molecule has 1 aliphatic heterocycles. The van der Waals surface area contributed by atoms with Crippen molar-refractivity contribution in [1.29, 1.82) is 5.26 Å². The van der Waals surface area contributed by atoms with Crippen molar-refractivity contribution in [3.63, 3.8) is 0 Å². The van der Waals surface area contributed by atoms with Gasteiger partial charge in [-0.25, -0.2) is 14.5 Å². The van der Waals surface area contributed by atoms with Crippen molar-refractivity contribution in [3.8, 4) is 11.8 Å². The summed E-state index contributed by atoms with van der Waals surface area (Å²) >= 11 is 0. The Morgan fingerprint density at radius 2 is 2.13 bits per heavy atom. The van der Waals surface area contributed by atoms with Gasteiger partial charge in [0.1, 0.15) is 18.4 Å². The zero-order chi connectivity index (χ0) is 21.8. The van der Waals surface area contributed by atoms with Crippen LogP contribution in [0.2, 0.25) is 0 Å². The Kier molecular flexibility index (Phi) is 6.07. The fourth-order valence-corrected chi connectivity index (χ4v) is 3.79. The number of carbonyl (C=O) groups is 1. The first-order valence-electron chi connectivity index (χ1n) is 10.1. The highest BCUT2D eigenvalue weighted by Crippen LogP contribution is 2.26. The first-order valence-corrected chi connectivity index (χ1v) is 10.1. The summed E-state index contributed by atoms with van der Waals surface area (Å²) in [5.41, 5.74) is 6.09. The second-order valence-corrected chi connectivity index (χ2v) is 7.51. The summed E-state index contributed by atoms with van der Waals surface area (Å²) in [5, 5.41) is 22.8. The number of aliphatic hydroxyl groups is 1. The first-order chi connectivity index (χ1) is 15.1. The first kappa shape index (κ1) is 20.7. The van der Waals surface area contributed by atoms with Crippen molar-refractivity contribution in [2.45, 2.75) is 26.5 Å². The van der Waals surface area contributed by atoms with Gasteiger partial charge < -0.3 is 9.84 Å². The summed E-state index contributed by atoms with van der Waals surface area (Å²) < 4.78 is 6.87. The lowest BCUT2D eigenvalue weighted by Gasteiger charge is -2.21. The third kappa shape index (κ3) is 4.48. The monoisotopic (exact) mass is 417 g/mol. The molecule has 1 N–H and O–H groups in total. The Balaban J connectivity index is 1.42. The Labute approximate surface area is 180 Å². The lowest BCUT2D eigenvalue weighted by atomic mass is 9.96. The standard InChI is InChI=1S/C23H23N5O3/c1-16-18(2-5-21-22(16)15-31-23(21)30)6-7-27(8-9-29)13-17-11-26-28(14-17)20-4-3-19(10-24)25-12-20/h2-5,11-12,14,29H,6-9,13,15H2,1H3. The fourth-order valence-electron chi connectivity index (χ4n) is 3.79. The number of esters is 1. The molecule has 0 unspecified atom stereocenters.